The standard InChI is InChI=1S/C27H50.C4H10/c1-7-21(2)26(18-17-25-12-8-10-22(25)3)20-24-15-13-23(14-16-24)11-9-19-27(4,5)6;1-4(2)3/h8,12,21-26H,7,9-11,13-20H2,1-6H3;4H,1-3H3. The average Bonchev–Trinajstić information content (AvgIpc) is 3.09. The minimum absolute atomic E-state index is 0.521. The van der Waals surface area contributed by atoms with Crippen molar-refractivity contribution in [3.8, 4) is 0 Å². The second-order valence-corrected chi connectivity index (χ2v) is 13.3. The van der Waals surface area contributed by atoms with Gasteiger partial charge in [-0.2, -0.15) is 0 Å². The molecule has 0 spiro atoms. The molecule has 0 N–H and O–H groups in total. The molecular weight excluding hydrogens is 372 g/mol. The van der Waals surface area contributed by atoms with Gasteiger partial charge in [0, 0.05) is 0 Å². The predicted molar refractivity (Wildman–Crippen MR) is 142 cm³/mol. The molecule has 0 aromatic heterocycles. The van der Waals surface area contributed by atoms with Crippen molar-refractivity contribution in [3.63, 3.8) is 0 Å². The van der Waals surface area contributed by atoms with E-state index in [2.05, 4.69) is 74.5 Å². The van der Waals surface area contributed by atoms with Crippen molar-refractivity contribution >= 4 is 0 Å². The largest absolute Gasteiger partial charge is 0.0880 e. The summed E-state index contributed by atoms with van der Waals surface area (Å²) in [6.07, 6.45) is 22.5. The van der Waals surface area contributed by atoms with Gasteiger partial charge in [0.1, 0.15) is 0 Å². The maximum absolute atomic E-state index is 2.52. The van der Waals surface area contributed by atoms with E-state index in [1.807, 2.05) is 0 Å². The Bertz CT molecular complexity index is 454. The van der Waals surface area contributed by atoms with Gasteiger partial charge in [-0.15, -0.1) is 0 Å². The molecule has 2 aliphatic rings. The highest BCUT2D eigenvalue weighted by atomic mass is 14.3. The van der Waals surface area contributed by atoms with Crippen LogP contribution in [0.15, 0.2) is 12.2 Å². The first kappa shape index (κ1) is 28.8. The predicted octanol–water partition coefficient (Wildman–Crippen LogP) is 10.7. The van der Waals surface area contributed by atoms with Crippen molar-refractivity contribution in [2.75, 3.05) is 0 Å². The van der Waals surface area contributed by atoms with Crippen LogP contribution in [0.5, 0.6) is 0 Å². The molecular formula is C31H60. The van der Waals surface area contributed by atoms with E-state index in [-0.39, 0.29) is 0 Å². The van der Waals surface area contributed by atoms with Crippen LogP contribution in [0.2, 0.25) is 0 Å². The lowest BCUT2D eigenvalue weighted by Gasteiger charge is -2.34. The summed E-state index contributed by atoms with van der Waals surface area (Å²) in [5.74, 6) is 6.55. The Hall–Kier alpha value is -0.260. The van der Waals surface area contributed by atoms with Crippen LogP contribution in [0.25, 0.3) is 0 Å². The van der Waals surface area contributed by atoms with Gasteiger partial charge in [0.25, 0.3) is 0 Å². The Morgan fingerprint density at radius 2 is 1.48 bits per heavy atom. The molecule has 4 unspecified atom stereocenters. The molecule has 1 fully saturated rings. The van der Waals surface area contributed by atoms with Crippen LogP contribution in [0.1, 0.15) is 139 Å². The monoisotopic (exact) mass is 432 g/mol. The van der Waals surface area contributed by atoms with Gasteiger partial charge in [0.2, 0.25) is 0 Å². The maximum Gasteiger partial charge on any atom is -0.0205 e. The van der Waals surface area contributed by atoms with E-state index in [0.29, 0.717) is 5.41 Å². The molecule has 0 radical (unpaired) electrons. The van der Waals surface area contributed by atoms with Gasteiger partial charge in [-0.25, -0.2) is 0 Å². The fourth-order valence-electron chi connectivity index (χ4n) is 5.69. The molecule has 0 aliphatic heterocycles. The molecule has 0 heteroatoms. The highest BCUT2D eigenvalue weighted by molar-refractivity contribution is 4.99. The fourth-order valence-corrected chi connectivity index (χ4v) is 5.69. The van der Waals surface area contributed by atoms with Crippen LogP contribution in [0.4, 0.5) is 0 Å². The molecule has 184 valence electrons. The molecule has 0 amide bonds. The minimum atomic E-state index is 0.521. The van der Waals surface area contributed by atoms with E-state index >= 15 is 0 Å². The summed E-state index contributed by atoms with van der Waals surface area (Å²) in [7, 11) is 0. The van der Waals surface area contributed by atoms with Crippen LogP contribution >= 0.6 is 0 Å². The van der Waals surface area contributed by atoms with E-state index in [1.165, 1.54) is 77.0 Å². The third kappa shape index (κ3) is 13.1. The normalized spacial score (nSPS) is 28.3. The molecule has 0 bridgehead atoms. The van der Waals surface area contributed by atoms with Crippen LogP contribution < -0.4 is 0 Å². The Kier molecular flexibility index (Phi) is 13.7. The highest BCUT2D eigenvalue weighted by Crippen LogP contribution is 2.40. The molecule has 0 aromatic carbocycles. The second-order valence-electron chi connectivity index (χ2n) is 13.3. The van der Waals surface area contributed by atoms with Gasteiger partial charge in [-0.05, 0) is 78.9 Å². The lowest BCUT2D eigenvalue weighted by atomic mass is 9.72. The summed E-state index contributed by atoms with van der Waals surface area (Å²) in [5.41, 5.74) is 0.521. The summed E-state index contributed by atoms with van der Waals surface area (Å²) in [6, 6.07) is 0. The Morgan fingerprint density at radius 1 is 0.903 bits per heavy atom. The molecule has 0 aromatic rings. The minimum Gasteiger partial charge on any atom is -0.0880 e. The third-order valence-corrected chi connectivity index (χ3v) is 8.08. The van der Waals surface area contributed by atoms with Crippen molar-refractivity contribution < 1.29 is 0 Å². The smallest absolute Gasteiger partial charge is 0.0205 e. The first-order valence-electron chi connectivity index (χ1n) is 14.2. The van der Waals surface area contributed by atoms with E-state index in [0.717, 1.165) is 41.4 Å². The molecule has 2 aliphatic carbocycles. The van der Waals surface area contributed by atoms with Gasteiger partial charge in [0.05, 0.1) is 0 Å². The van der Waals surface area contributed by atoms with Crippen molar-refractivity contribution in [1.82, 2.24) is 0 Å². The molecule has 1 saturated carbocycles. The van der Waals surface area contributed by atoms with Gasteiger partial charge in [0.15, 0.2) is 0 Å². The van der Waals surface area contributed by atoms with Crippen molar-refractivity contribution in [2.45, 2.75) is 139 Å². The zero-order chi connectivity index (χ0) is 23.4. The Balaban J connectivity index is 0.00000110. The zero-order valence-electron chi connectivity index (χ0n) is 23.2. The molecule has 0 nitrogen and oxygen atoms in total. The van der Waals surface area contributed by atoms with Gasteiger partial charge < -0.3 is 0 Å². The zero-order valence-corrected chi connectivity index (χ0v) is 23.2. The molecule has 0 saturated heterocycles. The van der Waals surface area contributed by atoms with Gasteiger partial charge in [-0.3, -0.25) is 0 Å². The number of allylic oxidation sites excluding steroid dienone is 2. The van der Waals surface area contributed by atoms with Gasteiger partial charge in [-0.1, -0.05) is 119 Å². The van der Waals surface area contributed by atoms with E-state index in [9.17, 15) is 0 Å². The first-order valence-corrected chi connectivity index (χ1v) is 14.2. The number of rotatable bonds is 10. The molecule has 4 atom stereocenters. The van der Waals surface area contributed by atoms with Crippen LogP contribution in [-0.4, -0.2) is 0 Å². The topological polar surface area (TPSA) is 0 Å². The van der Waals surface area contributed by atoms with E-state index in [4.69, 9.17) is 0 Å². The maximum atomic E-state index is 2.52. The Morgan fingerprint density at radius 3 is 1.97 bits per heavy atom. The summed E-state index contributed by atoms with van der Waals surface area (Å²) in [4.78, 5) is 0. The second kappa shape index (κ2) is 14.8. The highest BCUT2D eigenvalue weighted by Gasteiger charge is 2.27. The van der Waals surface area contributed by atoms with Crippen molar-refractivity contribution in [1.29, 1.82) is 0 Å². The number of hydrogen-bond donors (Lipinski definition) is 0. The summed E-state index contributed by atoms with van der Waals surface area (Å²) < 4.78 is 0. The quantitative estimate of drug-likeness (QED) is 0.301. The lowest BCUT2D eigenvalue weighted by molar-refractivity contribution is 0.182. The van der Waals surface area contributed by atoms with E-state index in [1.54, 1.807) is 0 Å². The first-order chi connectivity index (χ1) is 14.5. The summed E-state index contributed by atoms with van der Waals surface area (Å²) in [5, 5.41) is 0. The molecule has 31 heavy (non-hydrogen) atoms. The van der Waals surface area contributed by atoms with Gasteiger partial charge >= 0.3 is 0 Å². The summed E-state index contributed by atoms with van der Waals surface area (Å²) in [6.45, 7) is 21.0. The van der Waals surface area contributed by atoms with Crippen LogP contribution in [0, 0.1) is 46.8 Å². The lowest BCUT2D eigenvalue weighted by Crippen LogP contribution is -2.21. The average molecular weight is 433 g/mol. The van der Waals surface area contributed by atoms with E-state index < -0.39 is 0 Å². The van der Waals surface area contributed by atoms with Crippen LogP contribution in [-0.2, 0) is 0 Å². The number of hydrogen-bond acceptors (Lipinski definition) is 0. The summed E-state index contributed by atoms with van der Waals surface area (Å²) >= 11 is 0. The van der Waals surface area contributed by atoms with Crippen molar-refractivity contribution in [2.24, 2.45) is 46.8 Å². The Labute approximate surface area is 198 Å². The fraction of sp³-hybridized carbons (Fsp3) is 0.935. The third-order valence-electron chi connectivity index (χ3n) is 8.08. The molecule has 0 heterocycles. The van der Waals surface area contributed by atoms with Crippen LogP contribution in [0.3, 0.4) is 0 Å². The van der Waals surface area contributed by atoms with Crippen molar-refractivity contribution in [3.05, 3.63) is 12.2 Å². The molecule has 2 rings (SSSR count). The SMILES string of the molecule is CC(C)C.CCC(C)C(CCC1C=CCC1C)CC1CCC(CCCC(C)(C)C)CC1.